The van der Waals surface area contributed by atoms with Crippen molar-refractivity contribution >= 4 is 27.4 Å². The molecule has 0 aliphatic heterocycles. The molecule has 2 rings (SSSR count). The minimum Gasteiger partial charge on any atom is -0.484 e. The molecule has 0 aliphatic carbocycles. The highest BCUT2D eigenvalue weighted by molar-refractivity contribution is 7.91. The van der Waals surface area contributed by atoms with Gasteiger partial charge in [-0.1, -0.05) is 20.3 Å². The number of carbonyl (C=O) groups excluding carboxylic acids is 1. The average molecular weight is 423 g/mol. The number of alkyl halides is 3. The summed E-state index contributed by atoms with van der Waals surface area (Å²) >= 11 is 0. The molecule has 0 radical (unpaired) electrons. The zero-order valence-electron chi connectivity index (χ0n) is 15.2. The number of nitrogens with one attached hydrogen (secondary N) is 1. The van der Waals surface area contributed by atoms with Crippen LogP contribution in [0.2, 0.25) is 0 Å². The predicted molar refractivity (Wildman–Crippen MR) is 94.3 cm³/mol. The van der Waals surface area contributed by atoms with Gasteiger partial charge in [-0.2, -0.15) is 13.2 Å². The van der Waals surface area contributed by atoms with Crippen LogP contribution in [0.15, 0.2) is 23.4 Å². The highest BCUT2D eigenvalue weighted by atomic mass is 32.2. The van der Waals surface area contributed by atoms with Gasteiger partial charge in [-0.25, -0.2) is 18.2 Å². The largest absolute Gasteiger partial charge is 0.484 e. The van der Waals surface area contributed by atoms with E-state index in [0.29, 0.717) is 6.42 Å². The molecule has 0 atom stereocenters. The predicted octanol–water partition coefficient (Wildman–Crippen LogP) is 3.42. The summed E-state index contributed by atoms with van der Waals surface area (Å²) in [6.07, 6.45) is -2.74. The van der Waals surface area contributed by atoms with Crippen LogP contribution in [0.25, 0.3) is 5.65 Å². The third-order valence-electron chi connectivity index (χ3n) is 3.58. The van der Waals surface area contributed by atoms with Crippen LogP contribution >= 0.6 is 0 Å². The van der Waals surface area contributed by atoms with Crippen LogP contribution in [0.4, 0.5) is 23.8 Å². The van der Waals surface area contributed by atoms with Gasteiger partial charge in [-0.05, 0) is 12.5 Å². The Labute approximate surface area is 159 Å². The second-order valence-electron chi connectivity index (χ2n) is 5.78. The number of hydrogen-bond acceptors (Lipinski definition) is 6. The molecule has 0 aromatic carbocycles. The van der Waals surface area contributed by atoms with Crippen LogP contribution in [0.1, 0.15) is 26.7 Å². The SMILES string of the molecule is CCCCOC(=O)Nc1nc2cc(OCC(F)(F)F)ccn2c1S(=O)(=O)CC. The lowest BCUT2D eigenvalue weighted by Gasteiger charge is -2.09. The van der Waals surface area contributed by atoms with Crippen molar-refractivity contribution in [2.24, 2.45) is 0 Å². The number of anilines is 1. The second kappa shape index (κ2) is 8.67. The molecule has 0 unspecified atom stereocenters. The summed E-state index contributed by atoms with van der Waals surface area (Å²) in [7, 11) is -3.82. The van der Waals surface area contributed by atoms with Crippen molar-refractivity contribution in [3.63, 3.8) is 0 Å². The maximum absolute atomic E-state index is 12.4. The number of aromatic nitrogens is 2. The van der Waals surface area contributed by atoms with E-state index in [1.165, 1.54) is 19.2 Å². The van der Waals surface area contributed by atoms with Gasteiger partial charge in [-0.3, -0.25) is 9.72 Å². The van der Waals surface area contributed by atoms with E-state index in [9.17, 15) is 26.4 Å². The molecule has 0 spiro atoms. The molecule has 2 aromatic heterocycles. The summed E-state index contributed by atoms with van der Waals surface area (Å²) in [5.41, 5.74) is -0.00411. The van der Waals surface area contributed by atoms with Crippen molar-refractivity contribution in [1.82, 2.24) is 9.38 Å². The molecular weight excluding hydrogens is 403 g/mol. The van der Waals surface area contributed by atoms with E-state index in [1.54, 1.807) is 0 Å². The molecule has 28 heavy (non-hydrogen) atoms. The third-order valence-corrected chi connectivity index (χ3v) is 5.32. The lowest BCUT2D eigenvalue weighted by molar-refractivity contribution is -0.153. The van der Waals surface area contributed by atoms with Gasteiger partial charge in [0.1, 0.15) is 11.4 Å². The lowest BCUT2D eigenvalue weighted by atomic mass is 10.4. The minimum absolute atomic E-state index is 0.00411. The first kappa shape index (κ1) is 21.8. The van der Waals surface area contributed by atoms with E-state index in [-0.39, 0.29) is 34.6 Å². The molecule has 0 aliphatic rings. The van der Waals surface area contributed by atoms with Gasteiger partial charge < -0.3 is 9.47 Å². The Kier molecular flexibility index (Phi) is 6.75. The highest BCUT2D eigenvalue weighted by Crippen LogP contribution is 2.27. The Morgan fingerprint density at radius 2 is 2.04 bits per heavy atom. The van der Waals surface area contributed by atoms with E-state index in [0.717, 1.165) is 16.9 Å². The van der Waals surface area contributed by atoms with Crippen molar-refractivity contribution < 1.29 is 35.9 Å². The number of rotatable bonds is 8. The summed E-state index contributed by atoms with van der Waals surface area (Å²) in [6, 6.07) is 2.33. The van der Waals surface area contributed by atoms with Gasteiger partial charge >= 0.3 is 12.3 Å². The quantitative estimate of drug-likeness (QED) is 0.654. The molecule has 0 saturated carbocycles. The van der Waals surface area contributed by atoms with E-state index in [2.05, 4.69) is 15.0 Å². The molecule has 1 amide bonds. The van der Waals surface area contributed by atoms with Crippen LogP contribution < -0.4 is 10.1 Å². The standard InChI is InChI=1S/C16H20F3N3O5S/c1-3-5-8-26-15(23)21-13-14(28(24,25)4-2)22-7-6-11(9-12(22)20-13)27-10-16(17,18)19/h6-7,9H,3-5,8,10H2,1-2H3,(H,21,23). The fourth-order valence-electron chi connectivity index (χ4n) is 2.22. The number of hydrogen-bond donors (Lipinski definition) is 1. The van der Waals surface area contributed by atoms with E-state index in [4.69, 9.17) is 4.74 Å². The van der Waals surface area contributed by atoms with Crippen LogP contribution in [0.3, 0.4) is 0 Å². The topological polar surface area (TPSA) is 99.0 Å². The zero-order valence-corrected chi connectivity index (χ0v) is 16.1. The number of carbonyl (C=O) groups is 1. The molecule has 156 valence electrons. The van der Waals surface area contributed by atoms with Crippen molar-refractivity contribution in [2.75, 3.05) is 24.3 Å². The number of sulfone groups is 1. The van der Waals surface area contributed by atoms with Crippen molar-refractivity contribution in [3.05, 3.63) is 18.3 Å². The normalized spacial score (nSPS) is 12.2. The zero-order chi connectivity index (χ0) is 20.9. The average Bonchev–Trinajstić information content (AvgIpc) is 2.97. The van der Waals surface area contributed by atoms with Crippen LogP contribution in [-0.4, -0.2) is 49.0 Å². The molecule has 12 heteroatoms. The summed E-state index contributed by atoms with van der Waals surface area (Å²) in [6.45, 7) is 1.98. The van der Waals surface area contributed by atoms with Gasteiger partial charge in [0.25, 0.3) is 0 Å². The molecule has 2 heterocycles. The van der Waals surface area contributed by atoms with E-state index in [1.807, 2.05) is 6.92 Å². The van der Waals surface area contributed by atoms with Crippen LogP contribution in [0.5, 0.6) is 5.75 Å². The summed E-state index contributed by atoms with van der Waals surface area (Å²) < 4.78 is 72.6. The number of unbranched alkanes of at least 4 members (excludes halogenated alkanes) is 1. The summed E-state index contributed by atoms with van der Waals surface area (Å²) in [5, 5.41) is 1.99. The minimum atomic E-state index is -4.52. The Hall–Kier alpha value is -2.50. The van der Waals surface area contributed by atoms with Crippen LogP contribution in [0, 0.1) is 0 Å². The fourth-order valence-corrected chi connectivity index (χ4v) is 3.33. The smallest absolute Gasteiger partial charge is 0.422 e. The van der Waals surface area contributed by atoms with Gasteiger partial charge in [-0.15, -0.1) is 0 Å². The second-order valence-corrected chi connectivity index (χ2v) is 7.97. The first-order valence-electron chi connectivity index (χ1n) is 8.45. The Balaban J connectivity index is 2.38. The fraction of sp³-hybridized carbons (Fsp3) is 0.500. The monoisotopic (exact) mass is 423 g/mol. The summed E-state index contributed by atoms with van der Waals surface area (Å²) in [4.78, 5) is 15.9. The first-order valence-corrected chi connectivity index (χ1v) is 10.1. The maximum Gasteiger partial charge on any atom is 0.422 e. The van der Waals surface area contributed by atoms with Gasteiger partial charge in [0.15, 0.2) is 27.3 Å². The number of ether oxygens (including phenoxy) is 2. The Morgan fingerprint density at radius 3 is 2.64 bits per heavy atom. The van der Waals surface area contributed by atoms with Crippen molar-refractivity contribution in [2.45, 2.75) is 37.9 Å². The van der Waals surface area contributed by atoms with Crippen LogP contribution in [-0.2, 0) is 14.6 Å². The molecule has 1 N–H and O–H groups in total. The number of pyridine rings is 1. The highest BCUT2D eigenvalue weighted by Gasteiger charge is 2.29. The molecular formula is C16H20F3N3O5S. The number of fused-ring (bicyclic) bond motifs is 1. The molecule has 8 nitrogen and oxygen atoms in total. The van der Waals surface area contributed by atoms with E-state index >= 15 is 0 Å². The number of amides is 1. The van der Waals surface area contributed by atoms with E-state index < -0.39 is 28.7 Å². The summed E-state index contributed by atoms with van der Waals surface area (Å²) in [5.74, 6) is -0.684. The van der Waals surface area contributed by atoms with Crippen molar-refractivity contribution in [1.29, 1.82) is 0 Å². The number of nitrogens with zero attached hydrogens (tertiary/aromatic N) is 2. The maximum atomic E-state index is 12.4. The molecule has 2 aromatic rings. The Morgan fingerprint density at radius 1 is 1.32 bits per heavy atom. The van der Waals surface area contributed by atoms with Gasteiger partial charge in [0.2, 0.25) is 0 Å². The Bertz CT molecular complexity index is 941. The first-order chi connectivity index (χ1) is 13.1. The number of halogens is 3. The third kappa shape index (κ3) is 5.50. The molecule has 0 bridgehead atoms. The molecule has 0 saturated heterocycles. The van der Waals surface area contributed by atoms with Gasteiger partial charge in [0.05, 0.1) is 12.4 Å². The van der Waals surface area contributed by atoms with Gasteiger partial charge in [0, 0.05) is 12.3 Å². The molecule has 0 fully saturated rings. The van der Waals surface area contributed by atoms with Crippen molar-refractivity contribution in [3.8, 4) is 5.75 Å². The number of imidazole rings is 1. The lowest BCUT2D eigenvalue weighted by Crippen LogP contribution is -2.19.